The van der Waals surface area contributed by atoms with Crippen LogP contribution in [0.25, 0.3) is 5.69 Å². The minimum Gasteiger partial charge on any atom is -0.477 e. The first-order valence-corrected chi connectivity index (χ1v) is 9.29. The van der Waals surface area contributed by atoms with Gasteiger partial charge in [-0.1, -0.05) is 17.8 Å². The quantitative estimate of drug-likeness (QED) is 0.638. The molecule has 1 aromatic heterocycles. The SMILES string of the molecule is Cc1c(Sc2ccc(C#N)cc2)cc(C(=O)O)c(=O)n1-c1cccc(C(F)(F)F)c1. The van der Waals surface area contributed by atoms with Gasteiger partial charge in [-0.3, -0.25) is 9.36 Å². The lowest BCUT2D eigenvalue weighted by Gasteiger charge is -2.17. The Kier molecular flexibility index (Phi) is 5.71. The van der Waals surface area contributed by atoms with Crippen LogP contribution in [0.4, 0.5) is 13.2 Å². The van der Waals surface area contributed by atoms with Crippen molar-refractivity contribution in [2.75, 3.05) is 0 Å². The number of aromatic carboxylic acids is 1. The van der Waals surface area contributed by atoms with E-state index in [-0.39, 0.29) is 5.69 Å². The molecule has 30 heavy (non-hydrogen) atoms. The molecule has 9 heteroatoms. The number of carbonyl (C=O) groups is 1. The van der Waals surface area contributed by atoms with Gasteiger partial charge < -0.3 is 5.11 Å². The monoisotopic (exact) mass is 430 g/mol. The van der Waals surface area contributed by atoms with Crippen LogP contribution in [0, 0.1) is 18.3 Å². The van der Waals surface area contributed by atoms with Gasteiger partial charge in [0.15, 0.2) is 0 Å². The second kappa shape index (κ2) is 8.08. The number of rotatable bonds is 4. The molecule has 0 aliphatic heterocycles. The highest BCUT2D eigenvalue weighted by molar-refractivity contribution is 7.99. The van der Waals surface area contributed by atoms with Crippen LogP contribution in [0.3, 0.4) is 0 Å². The Labute approximate surface area is 173 Å². The summed E-state index contributed by atoms with van der Waals surface area (Å²) < 4.78 is 40.3. The smallest absolute Gasteiger partial charge is 0.416 e. The molecule has 0 atom stereocenters. The Morgan fingerprint density at radius 3 is 2.37 bits per heavy atom. The number of carboxylic acids is 1. The molecule has 0 aliphatic rings. The van der Waals surface area contributed by atoms with Gasteiger partial charge in [0.2, 0.25) is 0 Å². The number of aromatic nitrogens is 1. The highest BCUT2D eigenvalue weighted by Crippen LogP contribution is 2.33. The Balaban J connectivity index is 2.19. The van der Waals surface area contributed by atoms with E-state index in [1.807, 2.05) is 6.07 Å². The van der Waals surface area contributed by atoms with Crippen molar-refractivity contribution in [3.05, 3.63) is 87.3 Å². The summed E-state index contributed by atoms with van der Waals surface area (Å²) in [5.74, 6) is -1.48. The highest BCUT2D eigenvalue weighted by atomic mass is 32.2. The van der Waals surface area contributed by atoms with Crippen molar-refractivity contribution in [2.24, 2.45) is 0 Å². The van der Waals surface area contributed by atoms with Crippen LogP contribution in [0.1, 0.15) is 27.2 Å². The Morgan fingerprint density at radius 2 is 1.80 bits per heavy atom. The topological polar surface area (TPSA) is 83.1 Å². The molecule has 0 amide bonds. The summed E-state index contributed by atoms with van der Waals surface area (Å²) in [6.07, 6.45) is -4.61. The first-order chi connectivity index (χ1) is 14.1. The van der Waals surface area contributed by atoms with Gasteiger partial charge in [-0.25, -0.2) is 4.79 Å². The third-order valence-electron chi connectivity index (χ3n) is 4.27. The van der Waals surface area contributed by atoms with Crippen LogP contribution >= 0.6 is 11.8 Å². The van der Waals surface area contributed by atoms with Crippen LogP contribution in [0.15, 0.2) is 69.2 Å². The predicted octanol–water partition coefficient (Wildman–Crippen LogP) is 4.89. The molecule has 0 saturated carbocycles. The van der Waals surface area contributed by atoms with E-state index in [1.165, 1.54) is 19.1 Å². The number of hydrogen-bond donors (Lipinski definition) is 1. The molecule has 1 heterocycles. The third-order valence-corrected chi connectivity index (χ3v) is 5.42. The number of hydrogen-bond acceptors (Lipinski definition) is 4. The van der Waals surface area contributed by atoms with Crippen molar-refractivity contribution in [2.45, 2.75) is 22.9 Å². The van der Waals surface area contributed by atoms with E-state index in [9.17, 15) is 27.9 Å². The van der Waals surface area contributed by atoms with Gasteiger partial charge >= 0.3 is 12.1 Å². The molecule has 0 bridgehead atoms. The fourth-order valence-electron chi connectivity index (χ4n) is 2.79. The van der Waals surface area contributed by atoms with Gasteiger partial charge in [0.05, 0.1) is 17.2 Å². The van der Waals surface area contributed by atoms with Crippen molar-refractivity contribution in [3.8, 4) is 11.8 Å². The van der Waals surface area contributed by atoms with Crippen molar-refractivity contribution in [1.29, 1.82) is 5.26 Å². The number of halogens is 3. The van der Waals surface area contributed by atoms with Crippen LogP contribution in [-0.2, 0) is 6.18 Å². The molecule has 3 aromatic rings. The normalized spacial score (nSPS) is 11.2. The summed E-state index contributed by atoms with van der Waals surface area (Å²) >= 11 is 1.14. The third kappa shape index (κ3) is 4.23. The van der Waals surface area contributed by atoms with Crippen LogP contribution in [-0.4, -0.2) is 15.6 Å². The lowest BCUT2D eigenvalue weighted by atomic mass is 10.1. The van der Waals surface area contributed by atoms with Crippen molar-refractivity contribution in [1.82, 2.24) is 4.57 Å². The van der Waals surface area contributed by atoms with Crippen molar-refractivity contribution >= 4 is 17.7 Å². The van der Waals surface area contributed by atoms with E-state index >= 15 is 0 Å². The number of nitriles is 1. The van der Waals surface area contributed by atoms with E-state index in [1.54, 1.807) is 24.3 Å². The molecule has 1 N–H and O–H groups in total. The standard InChI is InChI=1S/C21H13F3N2O3S/c1-12-18(30-16-7-5-13(11-25)6-8-16)10-17(20(28)29)19(27)26(12)15-4-2-3-14(9-15)21(22,23)24/h2-10H,1H3,(H,28,29). The first-order valence-electron chi connectivity index (χ1n) is 8.47. The summed E-state index contributed by atoms with van der Waals surface area (Å²) in [6, 6.07) is 13.8. The number of carboxylic acid groups (broad SMARTS) is 1. The van der Waals surface area contributed by atoms with Gasteiger partial charge in [-0.2, -0.15) is 18.4 Å². The molecule has 0 saturated heterocycles. The van der Waals surface area contributed by atoms with Gasteiger partial charge in [-0.15, -0.1) is 0 Å². The largest absolute Gasteiger partial charge is 0.477 e. The molecular weight excluding hydrogens is 417 g/mol. The number of pyridine rings is 1. The molecule has 2 aromatic carbocycles. The maximum Gasteiger partial charge on any atom is 0.416 e. The number of nitrogens with zero attached hydrogens (tertiary/aromatic N) is 2. The minimum absolute atomic E-state index is 0.0860. The van der Waals surface area contributed by atoms with E-state index < -0.39 is 28.8 Å². The molecule has 5 nitrogen and oxygen atoms in total. The summed E-state index contributed by atoms with van der Waals surface area (Å²) in [5.41, 5.74) is -1.79. The lowest BCUT2D eigenvalue weighted by Crippen LogP contribution is -2.27. The zero-order chi connectivity index (χ0) is 22.1. The highest BCUT2D eigenvalue weighted by Gasteiger charge is 2.31. The average molecular weight is 430 g/mol. The molecule has 0 fully saturated rings. The van der Waals surface area contributed by atoms with E-state index in [0.29, 0.717) is 21.0 Å². The number of alkyl halides is 3. The maximum atomic E-state index is 13.1. The molecule has 0 unspecified atom stereocenters. The van der Waals surface area contributed by atoms with Crippen LogP contribution < -0.4 is 5.56 Å². The second-order valence-electron chi connectivity index (χ2n) is 6.24. The van der Waals surface area contributed by atoms with Crippen molar-refractivity contribution in [3.63, 3.8) is 0 Å². The fraction of sp³-hybridized carbons (Fsp3) is 0.0952. The maximum absolute atomic E-state index is 13.1. The number of benzene rings is 2. The summed E-state index contributed by atoms with van der Waals surface area (Å²) in [5, 5.41) is 18.3. The zero-order valence-electron chi connectivity index (χ0n) is 15.4. The van der Waals surface area contributed by atoms with E-state index in [0.717, 1.165) is 34.5 Å². The Hall–Kier alpha value is -3.51. The van der Waals surface area contributed by atoms with E-state index in [2.05, 4.69) is 0 Å². The molecule has 0 aliphatic carbocycles. The summed E-state index contributed by atoms with van der Waals surface area (Å²) in [6.45, 7) is 1.53. The van der Waals surface area contributed by atoms with Gasteiger partial charge in [0.25, 0.3) is 5.56 Å². The zero-order valence-corrected chi connectivity index (χ0v) is 16.2. The van der Waals surface area contributed by atoms with Crippen LogP contribution in [0.2, 0.25) is 0 Å². The van der Waals surface area contributed by atoms with Gasteiger partial charge in [0.1, 0.15) is 5.56 Å². The molecule has 152 valence electrons. The van der Waals surface area contributed by atoms with Crippen LogP contribution in [0.5, 0.6) is 0 Å². The first kappa shape index (κ1) is 21.2. The molecular formula is C21H13F3N2O3S. The second-order valence-corrected chi connectivity index (χ2v) is 7.36. The van der Waals surface area contributed by atoms with Crippen molar-refractivity contribution < 1.29 is 23.1 Å². The Morgan fingerprint density at radius 1 is 1.13 bits per heavy atom. The predicted molar refractivity (Wildman–Crippen MR) is 104 cm³/mol. The van der Waals surface area contributed by atoms with Gasteiger partial charge in [0, 0.05) is 21.2 Å². The van der Waals surface area contributed by atoms with E-state index in [4.69, 9.17) is 5.26 Å². The minimum atomic E-state index is -4.61. The average Bonchev–Trinajstić information content (AvgIpc) is 2.70. The van der Waals surface area contributed by atoms with Gasteiger partial charge in [-0.05, 0) is 55.5 Å². The Bertz CT molecular complexity index is 1230. The molecule has 0 radical (unpaired) electrons. The molecule has 3 rings (SSSR count). The summed E-state index contributed by atoms with van der Waals surface area (Å²) in [4.78, 5) is 25.4. The lowest BCUT2D eigenvalue weighted by molar-refractivity contribution is -0.137. The fourth-order valence-corrected chi connectivity index (χ4v) is 3.74. The molecule has 0 spiro atoms. The summed E-state index contributed by atoms with van der Waals surface area (Å²) in [7, 11) is 0.